The molecule has 0 saturated carbocycles. The van der Waals surface area contributed by atoms with Crippen LogP contribution in [0.3, 0.4) is 0 Å². The van der Waals surface area contributed by atoms with Gasteiger partial charge >= 0.3 is 6.18 Å². The number of hydrogen-bond acceptors (Lipinski definition) is 5. The molecule has 0 unspecified atom stereocenters. The number of primary sulfonamides is 1. The standard InChI is InChI=1S/C23H17BrF3N5O3S2/c24-14-9-10-15-18(11-14)32(12-13-5-1-2-6-16(13)23(25,26)27)21(33)20(15)30-31-22(36)29-17-7-3-4-8-19(17)37(28,34)35/h1-11H,12H2,(H2,28,34,35)(H2,29,31,36). The first-order valence-corrected chi connectivity index (χ1v) is 13.1. The predicted octanol–water partition coefficient (Wildman–Crippen LogP) is 4.35. The van der Waals surface area contributed by atoms with Crippen molar-refractivity contribution in [2.45, 2.75) is 17.6 Å². The fraction of sp³-hybridized carbons (Fsp3) is 0.0870. The Morgan fingerprint density at radius 1 is 1.08 bits per heavy atom. The maximum absolute atomic E-state index is 13.5. The molecule has 1 aliphatic heterocycles. The number of amides is 1. The first-order valence-electron chi connectivity index (χ1n) is 10.4. The minimum absolute atomic E-state index is 0.0831. The van der Waals surface area contributed by atoms with Gasteiger partial charge in [-0.1, -0.05) is 46.3 Å². The number of nitrogens with zero attached hydrogens (tertiary/aromatic N) is 2. The summed E-state index contributed by atoms with van der Waals surface area (Å²) in [6.45, 7) is -0.346. The lowest BCUT2D eigenvalue weighted by Crippen LogP contribution is -2.33. The van der Waals surface area contributed by atoms with Crippen LogP contribution in [0, 0.1) is 0 Å². The van der Waals surface area contributed by atoms with Gasteiger partial charge in [-0.05, 0) is 54.2 Å². The highest BCUT2D eigenvalue weighted by Crippen LogP contribution is 2.36. The second-order valence-electron chi connectivity index (χ2n) is 7.78. The first kappa shape index (κ1) is 26.7. The van der Waals surface area contributed by atoms with Crippen molar-refractivity contribution in [2.75, 3.05) is 10.2 Å². The Hall–Kier alpha value is -3.33. The van der Waals surface area contributed by atoms with Gasteiger partial charge in [0.15, 0.2) is 10.8 Å². The molecule has 0 aromatic heterocycles. The summed E-state index contributed by atoms with van der Waals surface area (Å²) in [4.78, 5) is 14.3. The highest BCUT2D eigenvalue weighted by atomic mass is 79.9. The molecular formula is C23H17BrF3N5O3S2. The molecule has 0 spiro atoms. The SMILES string of the molecule is NS(=O)(=O)c1ccccc1NC(=S)NN=C1C(=O)N(Cc2ccccc2C(F)(F)F)c2cc(Br)ccc21. The number of fused-ring (bicyclic) bond motifs is 1. The number of hydrazone groups is 1. The number of thiocarbonyl (C=S) groups is 1. The van der Waals surface area contributed by atoms with Crippen LogP contribution in [0.15, 0.2) is 81.2 Å². The Labute approximate surface area is 223 Å². The van der Waals surface area contributed by atoms with Crippen LogP contribution in [-0.2, 0) is 27.5 Å². The molecule has 0 atom stereocenters. The average Bonchev–Trinajstić information content (AvgIpc) is 3.07. The summed E-state index contributed by atoms with van der Waals surface area (Å²) in [5.41, 5.74) is 2.30. The first-order chi connectivity index (χ1) is 17.4. The quantitative estimate of drug-likeness (QED) is 0.292. The second kappa shape index (κ2) is 10.2. The van der Waals surface area contributed by atoms with E-state index in [1.807, 2.05) is 0 Å². The molecule has 0 bridgehead atoms. The molecule has 0 fully saturated rings. The van der Waals surface area contributed by atoms with Crippen molar-refractivity contribution in [2.24, 2.45) is 10.2 Å². The summed E-state index contributed by atoms with van der Waals surface area (Å²) in [6, 6.07) is 15.6. The minimum Gasteiger partial charge on any atom is -0.330 e. The molecule has 1 amide bonds. The minimum atomic E-state index is -4.59. The van der Waals surface area contributed by atoms with Crippen LogP contribution >= 0.6 is 28.1 Å². The number of nitrogens with one attached hydrogen (secondary N) is 2. The normalized spacial score (nSPS) is 14.6. The van der Waals surface area contributed by atoms with Crippen LogP contribution in [-0.4, -0.2) is 25.1 Å². The number of alkyl halides is 3. The number of benzene rings is 3. The third-order valence-corrected chi connectivity index (χ3v) is 6.97. The topological polar surface area (TPSA) is 117 Å². The summed E-state index contributed by atoms with van der Waals surface area (Å²) in [5.74, 6) is -0.648. The zero-order valence-electron chi connectivity index (χ0n) is 18.6. The van der Waals surface area contributed by atoms with Crippen molar-refractivity contribution in [1.29, 1.82) is 0 Å². The van der Waals surface area contributed by atoms with Crippen molar-refractivity contribution in [3.63, 3.8) is 0 Å². The molecule has 192 valence electrons. The summed E-state index contributed by atoms with van der Waals surface area (Å²) in [6.07, 6.45) is -4.59. The van der Waals surface area contributed by atoms with Crippen molar-refractivity contribution in [3.05, 3.63) is 87.9 Å². The fourth-order valence-electron chi connectivity index (χ4n) is 3.73. The maximum Gasteiger partial charge on any atom is 0.416 e. The van der Waals surface area contributed by atoms with Gasteiger partial charge in [-0.3, -0.25) is 10.2 Å². The molecule has 0 radical (unpaired) electrons. The number of halogens is 4. The van der Waals surface area contributed by atoms with Gasteiger partial charge in [0, 0.05) is 10.0 Å². The average molecular weight is 612 g/mol. The molecule has 14 heteroatoms. The van der Waals surface area contributed by atoms with Crippen LogP contribution in [0.4, 0.5) is 24.5 Å². The van der Waals surface area contributed by atoms with E-state index >= 15 is 0 Å². The second-order valence-corrected chi connectivity index (χ2v) is 10.6. The van der Waals surface area contributed by atoms with E-state index < -0.39 is 27.7 Å². The van der Waals surface area contributed by atoms with E-state index in [0.717, 1.165) is 6.07 Å². The van der Waals surface area contributed by atoms with Gasteiger partial charge in [-0.2, -0.15) is 18.3 Å². The van der Waals surface area contributed by atoms with Crippen LogP contribution in [0.2, 0.25) is 0 Å². The molecule has 1 heterocycles. The van der Waals surface area contributed by atoms with E-state index in [9.17, 15) is 26.4 Å². The van der Waals surface area contributed by atoms with Gasteiger partial charge in [-0.15, -0.1) is 0 Å². The fourth-order valence-corrected chi connectivity index (χ4v) is 4.92. The largest absolute Gasteiger partial charge is 0.416 e. The van der Waals surface area contributed by atoms with Crippen molar-refractivity contribution in [3.8, 4) is 0 Å². The molecule has 0 saturated heterocycles. The lowest BCUT2D eigenvalue weighted by Gasteiger charge is -2.20. The van der Waals surface area contributed by atoms with Crippen molar-refractivity contribution >= 4 is 66.3 Å². The Kier molecular flexibility index (Phi) is 7.37. The molecule has 4 rings (SSSR count). The summed E-state index contributed by atoms with van der Waals surface area (Å²) in [5, 5.41) is 11.8. The van der Waals surface area contributed by atoms with Gasteiger partial charge in [0.05, 0.1) is 23.5 Å². The molecular weight excluding hydrogens is 595 g/mol. The molecule has 1 aliphatic rings. The molecule has 0 aliphatic carbocycles. The third kappa shape index (κ3) is 5.82. The third-order valence-electron chi connectivity index (χ3n) is 5.32. The summed E-state index contributed by atoms with van der Waals surface area (Å²) >= 11 is 8.50. The Bertz CT molecular complexity index is 1540. The zero-order valence-corrected chi connectivity index (χ0v) is 21.8. The van der Waals surface area contributed by atoms with Gasteiger partial charge < -0.3 is 10.2 Å². The highest BCUT2D eigenvalue weighted by Gasteiger charge is 2.38. The number of anilines is 2. The van der Waals surface area contributed by atoms with Crippen LogP contribution in [0.5, 0.6) is 0 Å². The number of carbonyl (C=O) groups is 1. The Morgan fingerprint density at radius 2 is 1.76 bits per heavy atom. The van der Waals surface area contributed by atoms with E-state index in [4.69, 9.17) is 17.4 Å². The number of sulfonamides is 1. The van der Waals surface area contributed by atoms with Gasteiger partial charge in [0.2, 0.25) is 10.0 Å². The molecule has 37 heavy (non-hydrogen) atoms. The van der Waals surface area contributed by atoms with Crippen LogP contribution in [0.25, 0.3) is 0 Å². The number of rotatable bonds is 5. The predicted molar refractivity (Wildman–Crippen MR) is 140 cm³/mol. The van der Waals surface area contributed by atoms with E-state index in [2.05, 4.69) is 31.8 Å². The van der Waals surface area contributed by atoms with Gasteiger partial charge in [-0.25, -0.2) is 13.6 Å². The maximum atomic E-state index is 13.5. The van der Waals surface area contributed by atoms with Gasteiger partial charge in [0.25, 0.3) is 5.91 Å². The summed E-state index contributed by atoms with van der Waals surface area (Å²) < 4.78 is 64.8. The Balaban J connectivity index is 1.63. The number of nitrogens with two attached hydrogens (primary N) is 1. The van der Waals surface area contributed by atoms with Crippen LogP contribution in [0.1, 0.15) is 16.7 Å². The van der Waals surface area contributed by atoms with E-state index in [1.54, 1.807) is 24.3 Å². The molecule has 4 N–H and O–H groups in total. The zero-order chi connectivity index (χ0) is 27.0. The summed E-state index contributed by atoms with van der Waals surface area (Å²) in [7, 11) is -4.04. The number of carbonyl (C=O) groups excluding carboxylic acids is 1. The van der Waals surface area contributed by atoms with E-state index in [1.165, 1.54) is 41.3 Å². The number of hydrogen-bond donors (Lipinski definition) is 3. The van der Waals surface area contributed by atoms with Crippen molar-refractivity contribution in [1.82, 2.24) is 5.43 Å². The molecule has 8 nitrogen and oxygen atoms in total. The smallest absolute Gasteiger partial charge is 0.330 e. The lowest BCUT2D eigenvalue weighted by molar-refractivity contribution is -0.138. The van der Waals surface area contributed by atoms with Gasteiger partial charge in [0.1, 0.15) is 4.90 Å². The van der Waals surface area contributed by atoms with E-state index in [0.29, 0.717) is 15.7 Å². The van der Waals surface area contributed by atoms with E-state index in [-0.39, 0.29) is 33.5 Å². The number of para-hydroxylation sites is 1. The van der Waals surface area contributed by atoms with Crippen molar-refractivity contribution < 1.29 is 26.4 Å². The molecule has 3 aromatic carbocycles. The Morgan fingerprint density at radius 3 is 2.46 bits per heavy atom. The molecule has 3 aromatic rings. The lowest BCUT2D eigenvalue weighted by atomic mass is 10.1. The highest BCUT2D eigenvalue weighted by molar-refractivity contribution is 9.10. The van der Waals surface area contributed by atoms with Crippen LogP contribution < -0.4 is 20.8 Å². The monoisotopic (exact) mass is 611 g/mol.